The Bertz CT molecular complexity index is 616. The van der Waals surface area contributed by atoms with Gasteiger partial charge >= 0.3 is 0 Å². The molecule has 0 bridgehead atoms. The third-order valence-electron chi connectivity index (χ3n) is 7.02. The molecule has 1 saturated carbocycles. The number of ketones is 2. The summed E-state index contributed by atoms with van der Waals surface area (Å²) in [6.45, 7) is 14.0. The van der Waals surface area contributed by atoms with Crippen LogP contribution in [0.2, 0.25) is 0 Å². The number of carbonyl (C=O) groups excluding carboxylic acids is 2. The first-order valence-electron chi connectivity index (χ1n) is 8.60. The van der Waals surface area contributed by atoms with E-state index in [9.17, 15) is 9.59 Å². The van der Waals surface area contributed by atoms with E-state index in [1.165, 1.54) is 0 Å². The highest BCUT2D eigenvalue weighted by atomic mass is 16.5. The largest absolute Gasteiger partial charge is 0.357 e. The van der Waals surface area contributed by atoms with Crippen LogP contribution in [-0.4, -0.2) is 22.8 Å². The van der Waals surface area contributed by atoms with Crippen molar-refractivity contribution in [2.24, 2.45) is 22.7 Å². The third kappa shape index (κ3) is 2.05. The molecule has 0 aromatic heterocycles. The predicted octanol–water partition coefficient (Wildman–Crippen LogP) is 3.88. The minimum absolute atomic E-state index is 0.0368. The van der Waals surface area contributed by atoms with Gasteiger partial charge in [-0.05, 0) is 44.1 Å². The van der Waals surface area contributed by atoms with Gasteiger partial charge in [-0.2, -0.15) is 0 Å². The fraction of sp³-hybridized carbons (Fsp3) is 0.700. The van der Waals surface area contributed by atoms with Crippen molar-refractivity contribution in [2.75, 3.05) is 0 Å². The average molecular weight is 316 g/mol. The van der Waals surface area contributed by atoms with Gasteiger partial charge in [-0.1, -0.05) is 32.9 Å². The molecule has 1 heterocycles. The van der Waals surface area contributed by atoms with E-state index in [4.69, 9.17) is 4.74 Å². The summed E-state index contributed by atoms with van der Waals surface area (Å²) in [4.78, 5) is 25.4. The first kappa shape index (κ1) is 16.6. The monoisotopic (exact) mass is 316 g/mol. The SMILES string of the molecule is C=CC1(C)CCC2C(C)(O1)C(=O)CC1C(C)(C)C(=O)C=CC12C. The van der Waals surface area contributed by atoms with Crippen molar-refractivity contribution >= 4 is 11.6 Å². The van der Waals surface area contributed by atoms with Crippen molar-refractivity contribution in [3.63, 3.8) is 0 Å². The Morgan fingerprint density at radius 1 is 1.17 bits per heavy atom. The Morgan fingerprint density at radius 3 is 2.43 bits per heavy atom. The molecule has 5 atom stereocenters. The van der Waals surface area contributed by atoms with Crippen LogP contribution < -0.4 is 0 Å². The van der Waals surface area contributed by atoms with Gasteiger partial charge in [-0.3, -0.25) is 9.59 Å². The lowest BCUT2D eigenvalue weighted by Gasteiger charge is -2.61. The number of rotatable bonds is 1. The molecule has 126 valence electrons. The Kier molecular flexibility index (Phi) is 3.37. The summed E-state index contributed by atoms with van der Waals surface area (Å²) in [5.74, 6) is 0.394. The molecule has 0 radical (unpaired) electrons. The third-order valence-corrected chi connectivity index (χ3v) is 7.02. The first-order chi connectivity index (χ1) is 10.5. The number of allylic oxidation sites excluding steroid dienone is 2. The summed E-state index contributed by atoms with van der Waals surface area (Å²) in [6, 6.07) is 0. The number of hydrogen-bond acceptors (Lipinski definition) is 3. The molecule has 5 unspecified atom stereocenters. The number of carbonyl (C=O) groups is 2. The molecule has 0 amide bonds. The van der Waals surface area contributed by atoms with E-state index < -0.39 is 16.6 Å². The van der Waals surface area contributed by atoms with Crippen molar-refractivity contribution in [2.45, 2.75) is 65.1 Å². The number of ether oxygens (including phenoxy) is 1. The Labute approximate surface area is 139 Å². The minimum atomic E-state index is -0.798. The van der Waals surface area contributed by atoms with Gasteiger partial charge < -0.3 is 4.74 Å². The fourth-order valence-electron chi connectivity index (χ4n) is 5.37. The van der Waals surface area contributed by atoms with E-state index in [0.717, 1.165) is 12.8 Å². The van der Waals surface area contributed by atoms with Crippen LogP contribution in [0.5, 0.6) is 0 Å². The van der Waals surface area contributed by atoms with Crippen molar-refractivity contribution in [3.8, 4) is 0 Å². The maximum absolute atomic E-state index is 13.1. The molecule has 0 aromatic rings. The van der Waals surface area contributed by atoms with Gasteiger partial charge in [0.2, 0.25) is 0 Å². The topological polar surface area (TPSA) is 43.4 Å². The molecular weight excluding hydrogens is 288 g/mol. The van der Waals surface area contributed by atoms with E-state index in [2.05, 4.69) is 19.6 Å². The van der Waals surface area contributed by atoms with Gasteiger partial charge in [-0.25, -0.2) is 0 Å². The van der Waals surface area contributed by atoms with Gasteiger partial charge in [0.25, 0.3) is 0 Å². The van der Waals surface area contributed by atoms with Gasteiger partial charge in [-0.15, -0.1) is 6.58 Å². The van der Waals surface area contributed by atoms with Gasteiger partial charge in [0.05, 0.1) is 5.60 Å². The lowest BCUT2D eigenvalue weighted by Crippen LogP contribution is -2.66. The second-order valence-electron chi connectivity index (χ2n) is 8.78. The lowest BCUT2D eigenvalue weighted by molar-refractivity contribution is -0.225. The Balaban J connectivity index is 2.10. The second-order valence-corrected chi connectivity index (χ2v) is 8.78. The van der Waals surface area contributed by atoms with E-state index in [0.29, 0.717) is 6.42 Å². The Morgan fingerprint density at radius 2 is 1.83 bits per heavy atom. The van der Waals surface area contributed by atoms with E-state index in [1.807, 2.05) is 33.8 Å². The number of Topliss-reactive ketones (excluding diaryl/α,β-unsaturated/α-hetero) is 1. The minimum Gasteiger partial charge on any atom is -0.357 e. The highest BCUT2D eigenvalue weighted by Gasteiger charge is 2.65. The molecule has 0 aromatic carbocycles. The molecule has 23 heavy (non-hydrogen) atoms. The normalized spacial score (nSPS) is 48.6. The lowest BCUT2D eigenvalue weighted by atomic mass is 9.46. The number of hydrogen-bond donors (Lipinski definition) is 0. The highest BCUT2D eigenvalue weighted by molar-refractivity contribution is 5.98. The van der Waals surface area contributed by atoms with Crippen LogP contribution >= 0.6 is 0 Å². The molecule has 3 heteroatoms. The molecule has 3 aliphatic rings. The van der Waals surface area contributed by atoms with Crippen LogP contribution in [-0.2, 0) is 14.3 Å². The molecule has 0 N–H and O–H groups in total. The standard InChI is InChI=1S/C20H28O3/c1-7-18(4)10-8-13-19(5)11-9-15(21)17(2,3)14(19)12-16(22)20(13,6)23-18/h7,9,11,13-14H,1,8,10,12H2,2-6H3. The zero-order valence-electron chi connectivity index (χ0n) is 14.9. The summed E-state index contributed by atoms with van der Waals surface area (Å²) < 4.78 is 6.35. The quantitative estimate of drug-likeness (QED) is 0.690. The molecule has 0 spiro atoms. The summed E-state index contributed by atoms with van der Waals surface area (Å²) in [5.41, 5.74) is -1.94. The van der Waals surface area contributed by atoms with E-state index in [1.54, 1.807) is 6.08 Å². The zero-order valence-corrected chi connectivity index (χ0v) is 14.9. The van der Waals surface area contributed by atoms with Crippen LogP contribution in [0.4, 0.5) is 0 Å². The molecule has 1 saturated heterocycles. The number of fused-ring (bicyclic) bond motifs is 3. The molecule has 3 rings (SSSR count). The van der Waals surface area contributed by atoms with Gasteiger partial charge in [0.1, 0.15) is 5.60 Å². The molecule has 3 nitrogen and oxygen atoms in total. The van der Waals surface area contributed by atoms with Crippen molar-refractivity contribution < 1.29 is 14.3 Å². The smallest absolute Gasteiger partial charge is 0.165 e. The predicted molar refractivity (Wildman–Crippen MR) is 90.0 cm³/mol. The Hall–Kier alpha value is -1.22. The van der Waals surface area contributed by atoms with Gasteiger partial charge in [0, 0.05) is 17.8 Å². The summed E-state index contributed by atoms with van der Waals surface area (Å²) in [6.07, 6.45) is 7.77. The van der Waals surface area contributed by atoms with E-state index in [-0.39, 0.29) is 28.8 Å². The van der Waals surface area contributed by atoms with Crippen LogP contribution in [0.15, 0.2) is 24.8 Å². The highest BCUT2D eigenvalue weighted by Crippen LogP contribution is 2.62. The van der Waals surface area contributed by atoms with Crippen molar-refractivity contribution in [1.29, 1.82) is 0 Å². The summed E-state index contributed by atoms with van der Waals surface area (Å²) in [5, 5.41) is 0. The maximum atomic E-state index is 13.1. The average Bonchev–Trinajstić information content (AvgIpc) is 2.47. The van der Waals surface area contributed by atoms with Crippen molar-refractivity contribution in [3.05, 3.63) is 24.8 Å². The maximum Gasteiger partial charge on any atom is 0.165 e. The molecule has 1 aliphatic heterocycles. The van der Waals surface area contributed by atoms with Crippen LogP contribution in [0.3, 0.4) is 0 Å². The summed E-state index contributed by atoms with van der Waals surface area (Å²) >= 11 is 0. The van der Waals surface area contributed by atoms with Gasteiger partial charge in [0.15, 0.2) is 11.6 Å². The van der Waals surface area contributed by atoms with Crippen LogP contribution in [0, 0.1) is 22.7 Å². The van der Waals surface area contributed by atoms with E-state index >= 15 is 0 Å². The summed E-state index contributed by atoms with van der Waals surface area (Å²) in [7, 11) is 0. The van der Waals surface area contributed by atoms with Crippen LogP contribution in [0.1, 0.15) is 53.9 Å². The molecule has 2 aliphatic carbocycles. The zero-order chi connectivity index (χ0) is 17.3. The second kappa shape index (κ2) is 4.66. The first-order valence-corrected chi connectivity index (χ1v) is 8.60. The fourth-order valence-corrected chi connectivity index (χ4v) is 5.37. The van der Waals surface area contributed by atoms with Crippen LogP contribution in [0.25, 0.3) is 0 Å². The van der Waals surface area contributed by atoms with Crippen molar-refractivity contribution in [1.82, 2.24) is 0 Å². The molecule has 2 fully saturated rings. The molecular formula is C20H28O3.